The fraction of sp³-hybridized carbons (Fsp3) is 0.400. The van der Waals surface area contributed by atoms with E-state index in [9.17, 15) is 13.2 Å². The fourth-order valence-electron chi connectivity index (χ4n) is 1.43. The molecule has 2 rings (SSSR count). The fourth-order valence-corrected chi connectivity index (χ4v) is 1.66. The third-order valence-electron chi connectivity index (χ3n) is 2.31. The van der Waals surface area contributed by atoms with E-state index in [1.54, 1.807) is 0 Å². The van der Waals surface area contributed by atoms with Gasteiger partial charge in [0.2, 0.25) is 0 Å². The SMILES string of the molecule is FC(F)(F)c1cccc(Cl)c1NC1COC1. The third-order valence-corrected chi connectivity index (χ3v) is 2.62. The summed E-state index contributed by atoms with van der Waals surface area (Å²) in [7, 11) is 0. The van der Waals surface area contributed by atoms with Crippen molar-refractivity contribution in [2.75, 3.05) is 18.5 Å². The van der Waals surface area contributed by atoms with Gasteiger partial charge in [0.1, 0.15) is 0 Å². The van der Waals surface area contributed by atoms with Crippen molar-refractivity contribution in [1.82, 2.24) is 0 Å². The summed E-state index contributed by atoms with van der Waals surface area (Å²) in [5.74, 6) is 0. The van der Waals surface area contributed by atoms with Gasteiger partial charge in [0.25, 0.3) is 0 Å². The highest BCUT2D eigenvalue weighted by atomic mass is 35.5. The van der Waals surface area contributed by atoms with Gasteiger partial charge in [-0.05, 0) is 12.1 Å². The minimum atomic E-state index is -4.40. The molecule has 0 aromatic heterocycles. The zero-order valence-electron chi connectivity index (χ0n) is 8.14. The monoisotopic (exact) mass is 251 g/mol. The van der Waals surface area contributed by atoms with Crippen LogP contribution in [0.25, 0.3) is 0 Å². The van der Waals surface area contributed by atoms with Crippen LogP contribution in [0, 0.1) is 0 Å². The minimum absolute atomic E-state index is 0.0648. The topological polar surface area (TPSA) is 21.3 Å². The minimum Gasteiger partial charge on any atom is -0.377 e. The summed E-state index contributed by atoms with van der Waals surface area (Å²) in [6.45, 7) is 0.811. The summed E-state index contributed by atoms with van der Waals surface area (Å²) in [5, 5.41) is 2.82. The Labute approximate surface area is 95.3 Å². The Hall–Kier alpha value is -0.940. The van der Waals surface area contributed by atoms with Crippen LogP contribution >= 0.6 is 11.6 Å². The molecule has 0 amide bonds. The smallest absolute Gasteiger partial charge is 0.377 e. The van der Waals surface area contributed by atoms with Gasteiger partial charge in [0, 0.05) is 0 Å². The van der Waals surface area contributed by atoms with E-state index in [1.807, 2.05) is 0 Å². The molecule has 1 aromatic rings. The molecule has 0 radical (unpaired) electrons. The zero-order valence-corrected chi connectivity index (χ0v) is 8.90. The number of hydrogen-bond donors (Lipinski definition) is 1. The van der Waals surface area contributed by atoms with Gasteiger partial charge in [-0.15, -0.1) is 0 Å². The number of benzene rings is 1. The molecular formula is C10H9ClF3NO. The highest BCUT2D eigenvalue weighted by molar-refractivity contribution is 6.33. The molecule has 0 saturated carbocycles. The molecule has 0 spiro atoms. The summed E-state index contributed by atoms with van der Waals surface area (Å²) in [5.41, 5.74) is -0.808. The first-order valence-corrected chi connectivity index (χ1v) is 5.06. The molecule has 88 valence electrons. The van der Waals surface area contributed by atoms with Gasteiger partial charge < -0.3 is 10.1 Å². The maximum Gasteiger partial charge on any atom is 0.418 e. The molecule has 1 saturated heterocycles. The van der Waals surface area contributed by atoms with E-state index in [2.05, 4.69) is 5.32 Å². The van der Waals surface area contributed by atoms with Crippen molar-refractivity contribution in [3.8, 4) is 0 Å². The molecule has 0 unspecified atom stereocenters. The van der Waals surface area contributed by atoms with Crippen molar-refractivity contribution in [3.63, 3.8) is 0 Å². The number of nitrogens with one attached hydrogen (secondary N) is 1. The van der Waals surface area contributed by atoms with Crippen LogP contribution in [0.15, 0.2) is 18.2 Å². The van der Waals surface area contributed by atoms with Crippen LogP contribution in [-0.4, -0.2) is 19.3 Å². The Morgan fingerprint density at radius 1 is 1.31 bits per heavy atom. The maximum atomic E-state index is 12.7. The molecule has 1 aliphatic rings. The molecule has 1 fully saturated rings. The zero-order chi connectivity index (χ0) is 11.8. The van der Waals surface area contributed by atoms with E-state index >= 15 is 0 Å². The van der Waals surface area contributed by atoms with E-state index in [0.29, 0.717) is 13.2 Å². The largest absolute Gasteiger partial charge is 0.418 e. The van der Waals surface area contributed by atoms with Crippen LogP contribution < -0.4 is 5.32 Å². The van der Waals surface area contributed by atoms with Gasteiger partial charge in [-0.2, -0.15) is 13.2 Å². The van der Waals surface area contributed by atoms with Crippen LogP contribution in [-0.2, 0) is 10.9 Å². The van der Waals surface area contributed by atoms with E-state index in [-0.39, 0.29) is 16.8 Å². The predicted molar refractivity (Wildman–Crippen MR) is 54.7 cm³/mol. The lowest BCUT2D eigenvalue weighted by Gasteiger charge is -2.29. The number of halogens is 4. The highest BCUT2D eigenvalue weighted by Crippen LogP contribution is 2.39. The van der Waals surface area contributed by atoms with E-state index in [4.69, 9.17) is 16.3 Å². The van der Waals surface area contributed by atoms with E-state index in [1.165, 1.54) is 12.1 Å². The number of ether oxygens (including phenoxy) is 1. The standard InChI is InChI=1S/C10H9ClF3NO/c11-8-3-1-2-7(10(12,13)14)9(8)15-6-4-16-5-6/h1-3,6,15H,4-5H2. The van der Waals surface area contributed by atoms with Crippen LogP contribution in [0.2, 0.25) is 5.02 Å². The molecular weight excluding hydrogens is 243 g/mol. The Morgan fingerprint density at radius 3 is 2.50 bits per heavy atom. The number of anilines is 1. The van der Waals surface area contributed by atoms with Crippen molar-refractivity contribution in [1.29, 1.82) is 0 Å². The first kappa shape index (κ1) is 11.5. The van der Waals surface area contributed by atoms with Gasteiger partial charge in [-0.25, -0.2) is 0 Å². The summed E-state index contributed by atoms with van der Waals surface area (Å²) < 4.78 is 42.9. The number of rotatable bonds is 2. The lowest BCUT2D eigenvalue weighted by Crippen LogP contribution is -2.40. The lowest BCUT2D eigenvalue weighted by molar-refractivity contribution is -0.137. The van der Waals surface area contributed by atoms with Crippen molar-refractivity contribution in [2.45, 2.75) is 12.2 Å². The molecule has 1 aliphatic heterocycles. The predicted octanol–water partition coefficient (Wildman–Crippen LogP) is 3.17. The molecule has 1 heterocycles. The maximum absolute atomic E-state index is 12.7. The van der Waals surface area contributed by atoms with Crippen molar-refractivity contribution < 1.29 is 17.9 Å². The van der Waals surface area contributed by atoms with Crippen molar-refractivity contribution >= 4 is 17.3 Å². The summed E-state index contributed by atoms with van der Waals surface area (Å²) in [4.78, 5) is 0. The molecule has 0 bridgehead atoms. The number of hydrogen-bond acceptors (Lipinski definition) is 2. The molecule has 16 heavy (non-hydrogen) atoms. The number of alkyl halides is 3. The van der Waals surface area contributed by atoms with Gasteiger partial charge in [0.15, 0.2) is 0 Å². The molecule has 2 nitrogen and oxygen atoms in total. The van der Waals surface area contributed by atoms with Gasteiger partial charge in [0.05, 0.1) is 35.5 Å². The Balaban J connectivity index is 2.32. The summed E-state index contributed by atoms with van der Waals surface area (Å²) in [6.07, 6.45) is -4.40. The van der Waals surface area contributed by atoms with Gasteiger partial charge >= 0.3 is 6.18 Å². The number of para-hydroxylation sites is 1. The third kappa shape index (κ3) is 2.25. The van der Waals surface area contributed by atoms with Gasteiger partial charge in [-0.1, -0.05) is 17.7 Å². The second kappa shape index (κ2) is 4.14. The van der Waals surface area contributed by atoms with Crippen LogP contribution in [0.3, 0.4) is 0 Å². The van der Waals surface area contributed by atoms with E-state index < -0.39 is 11.7 Å². The average molecular weight is 252 g/mol. The summed E-state index contributed by atoms with van der Waals surface area (Å²) >= 11 is 5.76. The summed E-state index contributed by atoms with van der Waals surface area (Å²) in [6, 6.07) is 3.63. The lowest BCUT2D eigenvalue weighted by atomic mass is 10.1. The molecule has 0 aliphatic carbocycles. The van der Waals surface area contributed by atoms with Crippen LogP contribution in [0.4, 0.5) is 18.9 Å². The van der Waals surface area contributed by atoms with E-state index in [0.717, 1.165) is 6.07 Å². The van der Waals surface area contributed by atoms with Gasteiger partial charge in [-0.3, -0.25) is 0 Å². The second-order valence-electron chi connectivity index (χ2n) is 3.54. The van der Waals surface area contributed by atoms with Crippen molar-refractivity contribution in [3.05, 3.63) is 28.8 Å². The highest BCUT2D eigenvalue weighted by Gasteiger charge is 2.35. The van der Waals surface area contributed by atoms with Crippen LogP contribution in [0.5, 0.6) is 0 Å². The first-order valence-electron chi connectivity index (χ1n) is 4.68. The Morgan fingerprint density at radius 2 is 2.00 bits per heavy atom. The average Bonchev–Trinajstić information content (AvgIpc) is 2.11. The Kier molecular flexibility index (Phi) is 2.99. The van der Waals surface area contributed by atoms with Crippen molar-refractivity contribution in [2.24, 2.45) is 0 Å². The Bertz CT molecular complexity index is 390. The molecule has 1 N–H and O–H groups in total. The van der Waals surface area contributed by atoms with Crippen LogP contribution in [0.1, 0.15) is 5.56 Å². The molecule has 6 heteroatoms. The quantitative estimate of drug-likeness (QED) is 0.872. The normalized spacial score (nSPS) is 17.0. The molecule has 0 atom stereocenters. The molecule has 1 aromatic carbocycles. The first-order chi connectivity index (χ1) is 7.48. The second-order valence-corrected chi connectivity index (χ2v) is 3.95.